The van der Waals surface area contributed by atoms with Crippen LogP contribution in [-0.4, -0.2) is 40.7 Å². The summed E-state index contributed by atoms with van der Waals surface area (Å²) in [6.07, 6.45) is 4.59. The van der Waals surface area contributed by atoms with Crippen molar-refractivity contribution in [3.05, 3.63) is 0 Å². The Labute approximate surface area is 139 Å². The van der Waals surface area contributed by atoms with E-state index in [9.17, 15) is 19.2 Å². The Balaban J connectivity index is 2.21. The Kier molecular flexibility index (Phi) is 8.68. The molecule has 0 amide bonds. The molecule has 0 saturated heterocycles. The average Bonchev–Trinajstić information content (AvgIpc) is 2.51. The number of hydrogen-bond donors (Lipinski definition) is 1. The summed E-state index contributed by atoms with van der Waals surface area (Å²) in [7, 11) is 0. The molecular formula is C15H22O7S. The maximum atomic E-state index is 11.7. The average molecular weight is 346 g/mol. The van der Waals surface area contributed by atoms with Gasteiger partial charge >= 0.3 is 17.2 Å². The van der Waals surface area contributed by atoms with Crippen molar-refractivity contribution in [3.63, 3.8) is 0 Å². The van der Waals surface area contributed by atoms with Crippen molar-refractivity contribution in [1.82, 2.24) is 0 Å². The van der Waals surface area contributed by atoms with Crippen LogP contribution in [0.2, 0.25) is 0 Å². The first kappa shape index (κ1) is 19.5. The molecule has 1 rings (SSSR count). The number of carboxylic acids is 1. The SMILES string of the molecule is CC(=O)C[C@@H](CSC(=O)OCOC(=O)C1CCCCC1)C(=O)O. The smallest absolute Gasteiger partial charge is 0.370 e. The number of ether oxygens (including phenoxy) is 2. The molecule has 1 saturated carbocycles. The van der Waals surface area contributed by atoms with Gasteiger partial charge < -0.3 is 19.4 Å². The van der Waals surface area contributed by atoms with Gasteiger partial charge in [-0.3, -0.25) is 9.59 Å². The van der Waals surface area contributed by atoms with Gasteiger partial charge in [0.15, 0.2) is 0 Å². The fourth-order valence-corrected chi connectivity index (χ4v) is 3.10. The van der Waals surface area contributed by atoms with Gasteiger partial charge in [0.05, 0.1) is 11.8 Å². The number of aliphatic carboxylic acids is 1. The third-order valence-corrected chi connectivity index (χ3v) is 4.52. The molecule has 1 aliphatic rings. The number of rotatable bonds is 8. The maximum Gasteiger partial charge on any atom is 0.370 e. The number of hydrogen-bond acceptors (Lipinski definition) is 7. The van der Waals surface area contributed by atoms with E-state index in [2.05, 4.69) is 0 Å². The molecule has 0 radical (unpaired) electrons. The first-order valence-corrected chi connectivity index (χ1v) is 8.57. The van der Waals surface area contributed by atoms with Crippen LogP contribution in [0.1, 0.15) is 45.4 Å². The second kappa shape index (κ2) is 10.3. The Morgan fingerprint density at radius 2 is 1.78 bits per heavy atom. The lowest BCUT2D eigenvalue weighted by Crippen LogP contribution is -2.22. The van der Waals surface area contributed by atoms with E-state index in [0.29, 0.717) is 11.8 Å². The van der Waals surface area contributed by atoms with Crippen molar-refractivity contribution in [1.29, 1.82) is 0 Å². The standard InChI is InChI=1S/C15H22O7S/c1-10(16)7-12(13(17)18)8-23-15(20)22-9-21-14(19)11-5-3-2-4-6-11/h11-12H,2-9H2,1H3,(H,17,18)/t12-/m0/s1. The Morgan fingerprint density at radius 3 is 2.35 bits per heavy atom. The first-order valence-electron chi connectivity index (χ1n) is 7.58. The van der Waals surface area contributed by atoms with Crippen LogP contribution in [-0.2, 0) is 23.9 Å². The minimum Gasteiger partial charge on any atom is -0.481 e. The number of carboxylic acid groups (broad SMARTS) is 1. The van der Waals surface area contributed by atoms with E-state index in [4.69, 9.17) is 14.6 Å². The van der Waals surface area contributed by atoms with Gasteiger partial charge in [-0.25, -0.2) is 4.79 Å². The van der Waals surface area contributed by atoms with Gasteiger partial charge in [0, 0.05) is 12.2 Å². The molecule has 23 heavy (non-hydrogen) atoms. The van der Waals surface area contributed by atoms with Gasteiger partial charge in [-0.15, -0.1) is 0 Å². The first-order chi connectivity index (χ1) is 10.9. The summed E-state index contributed by atoms with van der Waals surface area (Å²) in [5.41, 5.74) is 0. The molecule has 0 aromatic carbocycles. The summed E-state index contributed by atoms with van der Waals surface area (Å²) in [5, 5.41) is 8.22. The van der Waals surface area contributed by atoms with E-state index in [1.54, 1.807) is 0 Å². The zero-order valence-electron chi connectivity index (χ0n) is 13.1. The lowest BCUT2D eigenvalue weighted by atomic mass is 9.89. The van der Waals surface area contributed by atoms with Crippen LogP contribution in [0, 0.1) is 11.8 Å². The molecule has 1 aliphatic carbocycles. The highest BCUT2D eigenvalue weighted by molar-refractivity contribution is 8.13. The summed E-state index contributed by atoms with van der Waals surface area (Å²) < 4.78 is 9.65. The molecule has 0 aliphatic heterocycles. The monoisotopic (exact) mass is 346 g/mol. The van der Waals surface area contributed by atoms with Crippen molar-refractivity contribution in [2.45, 2.75) is 45.4 Å². The normalized spacial score (nSPS) is 16.4. The van der Waals surface area contributed by atoms with Crippen molar-refractivity contribution in [2.24, 2.45) is 11.8 Å². The predicted molar refractivity (Wildman–Crippen MR) is 82.9 cm³/mol. The lowest BCUT2D eigenvalue weighted by Gasteiger charge is -2.19. The molecule has 0 bridgehead atoms. The highest BCUT2D eigenvalue weighted by atomic mass is 32.2. The van der Waals surface area contributed by atoms with Crippen molar-refractivity contribution in [2.75, 3.05) is 12.5 Å². The second-order valence-corrected chi connectivity index (χ2v) is 6.52. The van der Waals surface area contributed by atoms with Gasteiger partial charge in [-0.05, 0) is 31.5 Å². The summed E-state index contributed by atoms with van der Waals surface area (Å²) in [5.74, 6) is -2.87. The minimum absolute atomic E-state index is 0.0652. The Bertz CT molecular complexity index is 443. The molecule has 1 N–H and O–H groups in total. The van der Waals surface area contributed by atoms with E-state index in [1.807, 2.05) is 0 Å². The van der Waals surface area contributed by atoms with Crippen molar-refractivity contribution >= 4 is 34.8 Å². The Morgan fingerprint density at radius 1 is 1.13 bits per heavy atom. The molecular weight excluding hydrogens is 324 g/mol. The number of esters is 1. The molecule has 0 heterocycles. The van der Waals surface area contributed by atoms with Gasteiger partial charge in [0.25, 0.3) is 0 Å². The summed E-state index contributed by atoms with van der Waals surface area (Å²) in [6, 6.07) is 0. The molecule has 1 fully saturated rings. The summed E-state index contributed by atoms with van der Waals surface area (Å²) in [4.78, 5) is 45.1. The quantitative estimate of drug-likeness (QED) is 0.528. The number of Topliss-reactive ketones (excluding diaryl/α,β-unsaturated/α-hetero) is 1. The van der Waals surface area contributed by atoms with E-state index in [1.165, 1.54) is 6.92 Å². The molecule has 0 aromatic rings. The summed E-state index contributed by atoms with van der Waals surface area (Å²) >= 11 is 0.657. The van der Waals surface area contributed by atoms with Crippen LogP contribution in [0.4, 0.5) is 4.79 Å². The topological polar surface area (TPSA) is 107 Å². The van der Waals surface area contributed by atoms with Gasteiger partial charge in [0.1, 0.15) is 5.78 Å². The van der Waals surface area contributed by atoms with Crippen LogP contribution >= 0.6 is 11.8 Å². The number of ketones is 1. The molecule has 0 unspecified atom stereocenters. The third-order valence-electron chi connectivity index (χ3n) is 3.60. The Hall–Kier alpha value is -1.57. The van der Waals surface area contributed by atoms with Crippen LogP contribution in [0.3, 0.4) is 0 Å². The molecule has 1 atom stereocenters. The van der Waals surface area contributed by atoms with E-state index in [-0.39, 0.29) is 29.8 Å². The van der Waals surface area contributed by atoms with Crippen LogP contribution in [0.25, 0.3) is 0 Å². The highest BCUT2D eigenvalue weighted by Gasteiger charge is 2.24. The third kappa shape index (κ3) is 8.01. The van der Waals surface area contributed by atoms with E-state index in [0.717, 1.165) is 32.1 Å². The summed E-state index contributed by atoms with van der Waals surface area (Å²) in [6.45, 7) is 0.829. The van der Waals surface area contributed by atoms with Gasteiger partial charge in [-0.2, -0.15) is 0 Å². The molecule has 0 aromatic heterocycles. The van der Waals surface area contributed by atoms with E-state index >= 15 is 0 Å². The lowest BCUT2D eigenvalue weighted by molar-refractivity contribution is -0.157. The number of carbonyl (C=O) groups excluding carboxylic acids is 3. The molecule has 0 spiro atoms. The van der Waals surface area contributed by atoms with Crippen molar-refractivity contribution < 1.29 is 33.8 Å². The van der Waals surface area contributed by atoms with Crippen LogP contribution in [0.15, 0.2) is 0 Å². The predicted octanol–water partition coefficient (Wildman–Crippen LogP) is 2.62. The minimum atomic E-state index is -1.13. The van der Waals surface area contributed by atoms with E-state index < -0.39 is 24.0 Å². The zero-order valence-corrected chi connectivity index (χ0v) is 13.9. The maximum absolute atomic E-state index is 11.7. The van der Waals surface area contributed by atoms with Crippen LogP contribution in [0.5, 0.6) is 0 Å². The molecule has 130 valence electrons. The number of carbonyl (C=O) groups is 4. The largest absolute Gasteiger partial charge is 0.481 e. The fourth-order valence-electron chi connectivity index (χ4n) is 2.37. The number of thioether (sulfide) groups is 1. The zero-order chi connectivity index (χ0) is 17.2. The molecule has 8 heteroatoms. The highest BCUT2D eigenvalue weighted by Crippen LogP contribution is 2.24. The van der Waals surface area contributed by atoms with Gasteiger partial charge in [0.2, 0.25) is 6.79 Å². The van der Waals surface area contributed by atoms with Gasteiger partial charge in [-0.1, -0.05) is 19.3 Å². The molecule has 7 nitrogen and oxygen atoms in total. The second-order valence-electron chi connectivity index (χ2n) is 5.56. The van der Waals surface area contributed by atoms with Crippen molar-refractivity contribution in [3.8, 4) is 0 Å². The van der Waals surface area contributed by atoms with Crippen LogP contribution < -0.4 is 0 Å². The fraction of sp³-hybridized carbons (Fsp3) is 0.733.